The summed E-state index contributed by atoms with van der Waals surface area (Å²) in [4.78, 5) is 11.2. The third kappa shape index (κ3) is 3.32. The Morgan fingerprint density at radius 1 is 1.44 bits per heavy atom. The number of likely N-dealkylation sites (N-methyl/N-ethyl adjacent to an activating group) is 1. The molecule has 1 rings (SSSR count). The van der Waals surface area contributed by atoms with Crippen LogP contribution in [-0.2, 0) is 16.0 Å². The van der Waals surface area contributed by atoms with Gasteiger partial charge in [-0.25, -0.2) is 4.79 Å². The maximum atomic E-state index is 11.2. The van der Waals surface area contributed by atoms with Gasteiger partial charge in [0.25, 0.3) is 0 Å². The van der Waals surface area contributed by atoms with Crippen molar-refractivity contribution in [3.05, 3.63) is 35.9 Å². The largest absolute Gasteiger partial charge is 0.467 e. The van der Waals surface area contributed by atoms with Crippen LogP contribution in [0.25, 0.3) is 0 Å². The molecule has 0 heterocycles. The Kier molecular flexibility index (Phi) is 4.95. The van der Waals surface area contributed by atoms with Gasteiger partial charge in [0.1, 0.15) is 0 Å². The summed E-state index contributed by atoms with van der Waals surface area (Å²) < 4.78 is 4.50. The molecule has 16 heavy (non-hydrogen) atoms. The van der Waals surface area contributed by atoms with E-state index in [4.69, 9.17) is 0 Å². The van der Waals surface area contributed by atoms with Crippen LogP contribution in [0.2, 0.25) is 0 Å². The molecule has 0 saturated heterocycles. The fourth-order valence-corrected chi connectivity index (χ4v) is 1.52. The lowest BCUT2D eigenvalue weighted by Gasteiger charge is -2.20. The van der Waals surface area contributed by atoms with Gasteiger partial charge in [-0.3, -0.25) is 0 Å². The highest BCUT2D eigenvalue weighted by Crippen LogP contribution is 2.06. The van der Waals surface area contributed by atoms with Crippen LogP contribution in [0.1, 0.15) is 5.56 Å². The fraction of sp³-hybridized carbons (Fsp3) is 0.417. The second kappa shape index (κ2) is 6.25. The van der Waals surface area contributed by atoms with E-state index >= 15 is 0 Å². The van der Waals surface area contributed by atoms with E-state index in [0.717, 1.165) is 5.56 Å². The van der Waals surface area contributed by atoms with Gasteiger partial charge in [-0.15, -0.1) is 0 Å². The quantitative estimate of drug-likeness (QED) is 0.707. The average Bonchev–Trinajstić information content (AvgIpc) is 2.35. The SMILES string of the molecule is CN[C@@H](Cc1ccccc1)C(O)C(=O)OC. The van der Waals surface area contributed by atoms with E-state index in [0.29, 0.717) is 6.42 Å². The molecule has 88 valence electrons. The Labute approximate surface area is 95.2 Å². The molecule has 0 aromatic heterocycles. The molecule has 0 aliphatic heterocycles. The maximum absolute atomic E-state index is 11.2. The van der Waals surface area contributed by atoms with Gasteiger partial charge in [-0.05, 0) is 19.0 Å². The molecule has 1 aromatic rings. The smallest absolute Gasteiger partial charge is 0.336 e. The van der Waals surface area contributed by atoms with Gasteiger partial charge in [0.15, 0.2) is 6.10 Å². The Morgan fingerprint density at radius 3 is 2.56 bits per heavy atom. The Morgan fingerprint density at radius 2 is 2.06 bits per heavy atom. The Balaban J connectivity index is 2.65. The van der Waals surface area contributed by atoms with Crippen LogP contribution in [0.4, 0.5) is 0 Å². The number of benzene rings is 1. The number of carbonyl (C=O) groups excluding carboxylic acids is 1. The van der Waals surface area contributed by atoms with Gasteiger partial charge in [0, 0.05) is 6.04 Å². The molecule has 0 fully saturated rings. The van der Waals surface area contributed by atoms with E-state index < -0.39 is 12.1 Å². The molecule has 0 bridgehead atoms. The summed E-state index contributed by atoms with van der Waals surface area (Å²) in [7, 11) is 2.97. The van der Waals surface area contributed by atoms with Crippen LogP contribution >= 0.6 is 0 Å². The molecular formula is C12H17NO3. The minimum absolute atomic E-state index is 0.338. The second-order valence-corrected chi connectivity index (χ2v) is 3.55. The number of hydrogen-bond acceptors (Lipinski definition) is 4. The van der Waals surface area contributed by atoms with Crippen molar-refractivity contribution in [1.82, 2.24) is 5.32 Å². The monoisotopic (exact) mass is 223 g/mol. The topological polar surface area (TPSA) is 58.6 Å². The van der Waals surface area contributed by atoms with Crippen molar-refractivity contribution in [2.45, 2.75) is 18.6 Å². The summed E-state index contributed by atoms with van der Waals surface area (Å²) in [6.07, 6.45) is -0.566. The van der Waals surface area contributed by atoms with E-state index in [1.807, 2.05) is 30.3 Å². The van der Waals surface area contributed by atoms with Gasteiger partial charge in [0.2, 0.25) is 0 Å². The molecule has 0 amide bonds. The third-order valence-electron chi connectivity index (χ3n) is 2.49. The molecular weight excluding hydrogens is 206 g/mol. The third-order valence-corrected chi connectivity index (χ3v) is 2.49. The van der Waals surface area contributed by atoms with Crippen molar-refractivity contribution in [3.8, 4) is 0 Å². The van der Waals surface area contributed by atoms with E-state index in [-0.39, 0.29) is 6.04 Å². The highest BCUT2D eigenvalue weighted by molar-refractivity contribution is 5.75. The number of methoxy groups -OCH3 is 1. The number of aliphatic hydroxyl groups excluding tert-OH is 1. The molecule has 0 aliphatic carbocycles. The summed E-state index contributed by atoms with van der Waals surface area (Å²) in [5.41, 5.74) is 1.06. The molecule has 0 aliphatic rings. The summed E-state index contributed by atoms with van der Waals surface area (Å²) in [6, 6.07) is 9.34. The Bertz CT molecular complexity index is 326. The minimum atomic E-state index is -1.14. The predicted octanol–water partition coefficient (Wildman–Crippen LogP) is 0.351. The zero-order chi connectivity index (χ0) is 12.0. The standard InChI is InChI=1S/C12H17NO3/c1-13-10(11(14)12(15)16-2)8-9-6-4-3-5-7-9/h3-7,10-11,13-14H,8H2,1-2H3/t10-,11?/m0/s1. The van der Waals surface area contributed by atoms with Crippen LogP contribution in [0.3, 0.4) is 0 Å². The molecule has 0 spiro atoms. The number of rotatable bonds is 5. The van der Waals surface area contributed by atoms with Gasteiger partial charge >= 0.3 is 5.97 Å². The number of aliphatic hydroxyl groups is 1. The molecule has 2 N–H and O–H groups in total. The van der Waals surface area contributed by atoms with Crippen molar-refractivity contribution in [2.75, 3.05) is 14.2 Å². The summed E-state index contributed by atoms with van der Waals surface area (Å²) >= 11 is 0. The summed E-state index contributed by atoms with van der Waals surface area (Å²) in [6.45, 7) is 0. The van der Waals surface area contributed by atoms with Crippen molar-refractivity contribution >= 4 is 5.97 Å². The molecule has 0 radical (unpaired) electrons. The first kappa shape index (κ1) is 12.7. The Hall–Kier alpha value is -1.39. The van der Waals surface area contributed by atoms with Crippen molar-refractivity contribution in [3.63, 3.8) is 0 Å². The lowest BCUT2D eigenvalue weighted by Crippen LogP contribution is -2.44. The van der Waals surface area contributed by atoms with E-state index in [1.54, 1.807) is 7.05 Å². The van der Waals surface area contributed by atoms with Gasteiger partial charge < -0.3 is 15.2 Å². The zero-order valence-electron chi connectivity index (χ0n) is 9.51. The van der Waals surface area contributed by atoms with Crippen LogP contribution in [0.5, 0.6) is 0 Å². The number of ether oxygens (including phenoxy) is 1. The second-order valence-electron chi connectivity index (χ2n) is 3.55. The maximum Gasteiger partial charge on any atom is 0.336 e. The lowest BCUT2D eigenvalue weighted by atomic mass is 10.0. The van der Waals surface area contributed by atoms with E-state index in [9.17, 15) is 9.90 Å². The van der Waals surface area contributed by atoms with E-state index in [1.165, 1.54) is 7.11 Å². The summed E-state index contributed by atoms with van der Waals surface area (Å²) in [5, 5.41) is 12.6. The van der Waals surface area contributed by atoms with Crippen molar-refractivity contribution in [2.24, 2.45) is 0 Å². The normalized spacial score (nSPS) is 14.2. The summed E-state index contributed by atoms with van der Waals surface area (Å²) in [5.74, 6) is -0.615. The molecule has 1 unspecified atom stereocenters. The number of nitrogens with one attached hydrogen (secondary N) is 1. The van der Waals surface area contributed by atoms with Crippen molar-refractivity contribution in [1.29, 1.82) is 0 Å². The van der Waals surface area contributed by atoms with Crippen LogP contribution in [0.15, 0.2) is 30.3 Å². The number of hydrogen-bond donors (Lipinski definition) is 2. The molecule has 1 aromatic carbocycles. The van der Waals surface area contributed by atoms with Gasteiger partial charge in [-0.2, -0.15) is 0 Å². The average molecular weight is 223 g/mol. The highest BCUT2D eigenvalue weighted by atomic mass is 16.5. The highest BCUT2D eigenvalue weighted by Gasteiger charge is 2.25. The number of carbonyl (C=O) groups is 1. The predicted molar refractivity (Wildman–Crippen MR) is 61.0 cm³/mol. The first-order valence-corrected chi connectivity index (χ1v) is 5.16. The number of esters is 1. The minimum Gasteiger partial charge on any atom is -0.467 e. The van der Waals surface area contributed by atoms with E-state index in [2.05, 4.69) is 10.1 Å². The van der Waals surface area contributed by atoms with Crippen LogP contribution in [-0.4, -0.2) is 37.4 Å². The van der Waals surface area contributed by atoms with Crippen molar-refractivity contribution < 1.29 is 14.6 Å². The first-order chi connectivity index (χ1) is 7.69. The van der Waals surface area contributed by atoms with Crippen LogP contribution < -0.4 is 5.32 Å². The molecule has 2 atom stereocenters. The first-order valence-electron chi connectivity index (χ1n) is 5.16. The lowest BCUT2D eigenvalue weighted by molar-refractivity contribution is -0.151. The molecule has 4 nitrogen and oxygen atoms in total. The van der Waals surface area contributed by atoms with Gasteiger partial charge in [0.05, 0.1) is 7.11 Å². The van der Waals surface area contributed by atoms with Gasteiger partial charge in [-0.1, -0.05) is 30.3 Å². The zero-order valence-corrected chi connectivity index (χ0v) is 9.51. The fourth-order valence-electron chi connectivity index (χ4n) is 1.52. The molecule has 4 heteroatoms. The molecule has 0 saturated carbocycles. The van der Waals surface area contributed by atoms with Crippen LogP contribution in [0, 0.1) is 0 Å².